The van der Waals surface area contributed by atoms with Gasteiger partial charge in [-0.2, -0.15) is 18.3 Å². The highest BCUT2D eigenvalue weighted by Gasteiger charge is 2.40. The van der Waals surface area contributed by atoms with Gasteiger partial charge in [-0.3, -0.25) is 5.10 Å². The van der Waals surface area contributed by atoms with E-state index in [1.807, 2.05) is 0 Å². The predicted octanol–water partition coefficient (Wildman–Crippen LogP) is 1.01. The van der Waals surface area contributed by atoms with Crippen molar-refractivity contribution in [1.29, 1.82) is 0 Å². The van der Waals surface area contributed by atoms with Crippen molar-refractivity contribution in [2.45, 2.75) is 12.1 Å². The third-order valence-corrected chi connectivity index (χ3v) is 1.53. The molecule has 0 aliphatic heterocycles. The molecule has 6 heteroatoms. The quantitative estimate of drug-likeness (QED) is 0.711. The van der Waals surface area contributed by atoms with Crippen LogP contribution >= 0.6 is 0 Å². The number of rotatable bonds is 2. The Kier molecular flexibility index (Phi) is 2.37. The number of H-pyrrole nitrogens is 1. The van der Waals surface area contributed by atoms with E-state index in [1.165, 1.54) is 12.3 Å². The molecule has 0 spiro atoms. The van der Waals surface area contributed by atoms with Crippen molar-refractivity contribution in [3.63, 3.8) is 0 Å². The summed E-state index contributed by atoms with van der Waals surface area (Å²) in [4.78, 5) is 0. The summed E-state index contributed by atoms with van der Waals surface area (Å²) in [5.74, 6) is -1.64. The fourth-order valence-electron chi connectivity index (χ4n) is 0.898. The first kappa shape index (κ1) is 9.05. The van der Waals surface area contributed by atoms with Gasteiger partial charge in [0.1, 0.15) is 5.92 Å². The first-order chi connectivity index (χ1) is 5.55. The molecule has 1 heterocycles. The summed E-state index contributed by atoms with van der Waals surface area (Å²) < 4.78 is 36.5. The van der Waals surface area contributed by atoms with Gasteiger partial charge in [0.25, 0.3) is 0 Å². The summed E-state index contributed by atoms with van der Waals surface area (Å²) in [5.41, 5.74) is 4.99. The second-order valence-electron chi connectivity index (χ2n) is 2.34. The van der Waals surface area contributed by atoms with Crippen molar-refractivity contribution in [3.05, 3.63) is 18.0 Å². The zero-order valence-corrected chi connectivity index (χ0v) is 6.10. The minimum Gasteiger partial charge on any atom is -0.329 e. The molecule has 0 aliphatic rings. The molecule has 0 amide bonds. The summed E-state index contributed by atoms with van der Waals surface area (Å²) in [6.07, 6.45) is -3.04. The van der Waals surface area contributed by atoms with Gasteiger partial charge in [0.05, 0.1) is 0 Å². The van der Waals surface area contributed by atoms with E-state index < -0.39 is 18.6 Å². The number of hydrogen-bond donors (Lipinski definition) is 2. The van der Waals surface area contributed by atoms with E-state index in [9.17, 15) is 13.2 Å². The Hall–Kier alpha value is -1.04. The second kappa shape index (κ2) is 3.14. The van der Waals surface area contributed by atoms with Crippen LogP contribution in [0.1, 0.15) is 11.6 Å². The van der Waals surface area contributed by atoms with Crippen LogP contribution in [0.15, 0.2) is 12.3 Å². The summed E-state index contributed by atoms with van der Waals surface area (Å²) in [7, 11) is 0. The lowest BCUT2D eigenvalue weighted by atomic mass is 10.1. The van der Waals surface area contributed by atoms with E-state index in [4.69, 9.17) is 5.73 Å². The normalized spacial score (nSPS) is 14.7. The maximum atomic E-state index is 12.2. The molecular formula is C6H8F3N3. The molecule has 0 saturated heterocycles. The van der Waals surface area contributed by atoms with Crippen LogP contribution in [0.5, 0.6) is 0 Å². The maximum Gasteiger partial charge on any atom is 0.398 e. The van der Waals surface area contributed by atoms with Crippen molar-refractivity contribution in [2.75, 3.05) is 6.54 Å². The fourth-order valence-corrected chi connectivity index (χ4v) is 0.898. The number of aromatic nitrogens is 2. The molecule has 68 valence electrons. The molecule has 0 radical (unpaired) electrons. The molecule has 0 saturated carbocycles. The Bertz CT molecular complexity index is 229. The molecule has 0 aliphatic carbocycles. The van der Waals surface area contributed by atoms with Crippen LogP contribution in [-0.4, -0.2) is 22.9 Å². The number of nitrogens with zero attached hydrogens (tertiary/aromatic N) is 1. The van der Waals surface area contributed by atoms with E-state index >= 15 is 0 Å². The van der Waals surface area contributed by atoms with Gasteiger partial charge in [-0.05, 0) is 6.07 Å². The number of hydrogen-bond acceptors (Lipinski definition) is 2. The molecule has 0 bridgehead atoms. The molecule has 1 unspecified atom stereocenters. The van der Waals surface area contributed by atoms with Crippen LogP contribution < -0.4 is 5.73 Å². The van der Waals surface area contributed by atoms with Crippen molar-refractivity contribution >= 4 is 0 Å². The molecule has 1 atom stereocenters. The van der Waals surface area contributed by atoms with Crippen molar-refractivity contribution in [3.8, 4) is 0 Å². The number of alkyl halides is 3. The van der Waals surface area contributed by atoms with Crippen LogP contribution in [0.25, 0.3) is 0 Å². The van der Waals surface area contributed by atoms with Crippen molar-refractivity contribution in [1.82, 2.24) is 10.2 Å². The zero-order chi connectivity index (χ0) is 9.19. The van der Waals surface area contributed by atoms with E-state index in [0.717, 1.165) is 0 Å². The number of nitrogens with two attached hydrogens (primary N) is 1. The second-order valence-corrected chi connectivity index (χ2v) is 2.34. The van der Waals surface area contributed by atoms with Gasteiger partial charge in [0, 0.05) is 18.4 Å². The van der Waals surface area contributed by atoms with Gasteiger partial charge in [0.2, 0.25) is 0 Å². The topological polar surface area (TPSA) is 54.7 Å². The van der Waals surface area contributed by atoms with Crippen LogP contribution in [-0.2, 0) is 0 Å². The maximum absolute atomic E-state index is 12.2. The van der Waals surface area contributed by atoms with Crippen LogP contribution in [0.4, 0.5) is 13.2 Å². The lowest BCUT2D eigenvalue weighted by Gasteiger charge is -2.16. The highest BCUT2D eigenvalue weighted by Crippen LogP contribution is 2.32. The fraction of sp³-hybridized carbons (Fsp3) is 0.500. The van der Waals surface area contributed by atoms with Gasteiger partial charge >= 0.3 is 6.18 Å². The number of nitrogens with one attached hydrogen (secondary N) is 1. The smallest absolute Gasteiger partial charge is 0.329 e. The van der Waals surface area contributed by atoms with Crippen molar-refractivity contribution in [2.24, 2.45) is 5.73 Å². The number of halogens is 3. The molecule has 12 heavy (non-hydrogen) atoms. The highest BCUT2D eigenvalue weighted by molar-refractivity contribution is 5.08. The number of aromatic amines is 1. The largest absolute Gasteiger partial charge is 0.398 e. The highest BCUT2D eigenvalue weighted by atomic mass is 19.4. The molecule has 3 nitrogen and oxygen atoms in total. The molecule has 0 aromatic carbocycles. The summed E-state index contributed by atoms with van der Waals surface area (Å²) in [6, 6.07) is 1.27. The standard InChI is InChI=1S/C6H8F3N3/c7-6(8,9)4(3-10)5-1-2-11-12-5/h1-2,4H,3,10H2,(H,11,12). The predicted molar refractivity (Wildman–Crippen MR) is 36.4 cm³/mol. The average molecular weight is 179 g/mol. The van der Waals surface area contributed by atoms with Gasteiger partial charge in [-0.1, -0.05) is 0 Å². The molecule has 0 fully saturated rings. The zero-order valence-electron chi connectivity index (χ0n) is 6.10. The third-order valence-electron chi connectivity index (χ3n) is 1.53. The molecular weight excluding hydrogens is 171 g/mol. The van der Waals surface area contributed by atoms with E-state index in [0.29, 0.717) is 0 Å². The van der Waals surface area contributed by atoms with E-state index in [1.54, 1.807) is 0 Å². The Morgan fingerprint density at radius 1 is 1.58 bits per heavy atom. The third kappa shape index (κ3) is 1.76. The summed E-state index contributed by atoms with van der Waals surface area (Å²) >= 11 is 0. The van der Waals surface area contributed by atoms with Crippen LogP contribution in [0, 0.1) is 0 Å². The lowest BCUT2D eigenvalue weighted by Crippen LogP contribution is -2.28. The minimum absolute atomic E-state index is 0.00463. The van der Waals surface area contributed by atoms with Gasteiger partial charge in [0.15, 0.2) is 0 Å². The molecule has 1 rings (SSSR count). The monoisotopic (exact) mass is 179 g/mol. The van der Waals surface area contributed by atoms with Crippen LogP contribution in [0.2, 0.25) is 0 Å². The Morgan fingerprint density at radius 3 is 2.58 bits per heavy atom. The first-order valence-electron chi connectivity index (χ1n) is 3.31. The Morgan fingerprint density at radius 2 is 2.25 bits per heavy atom. The SMILES string of the molecule is NCC(c1ccn[nH]1)C(F)(F)F. The van der Waals surface area contributed by atoms with Crippen molar-refractivity contribution < 1.29 is 13.2 Å². The summed E-state index contributed by atoms with van der Waals surface area (Å²) in [6.45, 7) is -0.467. The Balaban J connectivity index is 2.84. The van der Waals surface area contributed by atoms with Gasteiger partial charge < -0.3 is 5.73 Å². The minimum atomic E-state index is -4.30. The molecule has 3 N–H and O–H groups in total. The van der Waals surface area contributed by atoms with E-state index in [-0.39, 0.29) is 5.69 Å². The van der Waals surface area contributed by atoms with Crippen LogP contribution in [0.3, 0.4) is 0 Å². The first-order valence-corrected chi connectivity index (χ1v) is 3.31. The lowest BCUT2D eigenvalue weighted by molar-refractivity contribution is -0.148. The van der Waals surface area contributed by atoms with Gasteiger partial charge in [-0.25, -0.2) is 0 Å². The molecule has 1 aromatic rings. The molecule has 1 aromatic heterocycles. The Labute approximate surface area is 66.8 Å². The van der Waals surface area contributed by atoms with E-state index in [2.05, 4.69) is 10.2 Å². The summed E-state index contributed by atoms with van der Waals surface area (Å²) in [5, 5.41) is 5.67. The van der Waals surface area contributed by atoms with Gasteiger partial charge in [-0.15, -0.1) is 0 Å². The average Bonchev–Trinajstić information content (AvgIpc) is 2.38.